The van der Waals surface area contributed by atoms with Crippen LogP contribution in [-0.4, -0.2) is 21.0 Å². The first kappa shape index (κ1) is 14.2. The Hall–Kier alpha value is -2.40. The van der Waals surface area contributed by atoms with Crippen LogP contribution in [0.15, 0.2) is 41.8 Å². The van der Waals surface area contributed by atoms with Crippen LogP contribution < -0.4 is 0 Å². The normalized spacial score (nSPS) is 13.3. The van der Waals surface area contributed by atoms with Gasteiger partial charge in [0.1, 0.15) is 0 Å². The molecule has 0 unspecified atom stereocenters. The molecule has 0 saturated heterocycles. The Morgan fingerprint density at radius 1 is 1.26 bits per heavy atom. The molecule has 0 radical (unpaired) electrons. The number of amides is 1. The molecule has 0 atom stereocenters. The van der Waals surface area contributed by atoms with Crippen LogP contribution in [0.2, 0.25) is 0 Å². The highest BCUT2D eigenvalue weighted by molar-refractivity contribution is 7.10. The van der Waals surface area contributed by atoms with E-state index >= 15 is 0 Å². The van der Waals surface area contributed by atoms with E-state index in [0.29, 0.717) is 19.5 Å². The van der Waals surface area contributed by atoms with E-state index in [9.17, 15) is 4.79 Å². The second-order valence-corrected chi connectivity index (χ2v) is 6.88. The second kappa shape index (κ2) is 5.66. The molecule has 23 heavy (non-hydrogen) atoms. The van der Waals surface area contributed by atoms with E-state index in [4.69, 9.17) is 0 Å². The smallest absolute Gasteiger partial charge is 0.228 e. The van der Waals surface area contributed by atoms with E-state index in [1.165, 1.54) is 5.56 Å². The minimum Gasteiger partial charge on any atom is -0.332 e. The van der Waals surface area contributed by atoms with Gasteiger partial charge in [0, 0.05) is 16.0 Å². The lowest BCUT2D eigenvalue weighted by Gasteiger charge is -2.15. The molecular formula is C18H17N3OS. The third-order valence-corrected chi connectivity index (χ3v) is 5.19. The number of carbonyl (C=O) groups is 1. The minimum absolute atomic E-state index is 0.174. The summed E-state index contributed by atoms with van der Waals surface area (Å²) in [5.41, 5.74) is 5.52. The van der Waals surface area contributed by atoms with E-state index < -0.39 is 0 Å². The maximum absolute atomic E-state index is 12.5. The van der Waals surface area contributed by atoms with Crippen molar-refractivity contribution in [2.24, 2.45) is 0 Å². The Labute approximate surface area is 138 Å². The summed E-state index contributed by atoms with van der Waals surface area (Å²) in [7, 11) is 0. The highest BCUT2D eigenvalue weighted by Gasteiger charge is 2.28. The largest absolute Gasteiger partial charge is 0.332 e. The van der Waals surface area contributed by atoms with Gasteiger partial charge in [-0.3, -0.25) is 9.89 Å². The quantitative estimate of drug-likeness (QED) is 0.801. The molecule has 4 rings (SSSR count). The Morgan fingerprint density at radius 2 is 2.13 bits per heavy atom. The van der Waals surface area contributed by atoms with Gasteiger partial charge < -0.3 is 4.90 Å². The van der Waals surface area contributed by atoms with Gasteiger partial charge in [0.15, 0.2) is 0 Å². The molecular weight excluding hydrogens is 306 g/mol. The fraction of sp³-hybridized carbons (Fsp3) is 0.222. The molecule has 5 heteroatoms. The summed E-state index contributed by atoms with van der Waals surface area (Å²) < 4.78 is 0. The topological polar surface area (TPSA) is 49.0 Å². The van der Waals surface area contributed by atoms with Crippen LogP contribution in [0.5, 0.6) is 0 Å². The maximum atomic E-state index is 12.5. The number of aromatic amines is 1. The maximum Gasteiger partial charge on any atom is 0.228 e. The lowest BCUT2D eigenvalue weighted by molar-refractivity contribution is -0.131. The molecule has 2 aromatic heterocycles. The van der Waals surface area contributed by atoms with Gasteiger partial charge in [-0.25, -0.2) is 0 Å². The molecule has 1 aromatic carbocycles. The van der Waals surface area contributed by atoms with Crippen LogP contribution in [0.3, 0.4) is 0 Å². The van der Waals surface area contributed by atoms with Crippen molar-refractivity contribution in [3.05, 3.63) is 63.5 Å². The van der Waals surface area contributed by atoms with Crippen molar-refractivity contribution >= 4 is 17.2 Å². The predicted octanol–water partition coefficient (Wildman–Crippen LogP) is 3.53. The standard InChI is InChI=1S/C18H17N3OS/c1-12-5-2-3-7-14(12)18-15-10-21(11-16(15)19-20-18)17(22)9-13-6-4-8-23-13/h2-8H,9-11H2,1H3,(H,19,20). The molecule has 1 N–H and O–H groups in total. The van der Waals surface area contributed by atoms with Gasteiger partial charge >= 0.3 is 0 Å². The van der Waals surface area contributed by atoms with Crippen molar-refractivity contribution < 1.29 is 4.79 Å². The molecule has 3 aromatic rings. The molecule has 0 fully saturated rings. The van der Waals surface area contributed by atoms with Crippen LogP contribution in [0.4, 0.5) is 0 Å². The van der Waals surface area contributed by atoms with Crippen LogP contribution >= 0.6 is 11.3 Å². The zero-order valence-electron chi connectivity index (χ0n) is 12.9. The number of H-pyrrole nitrogens is 1. The van der Waals surface area contributed by atoms with Gasteiger partial charge in [-0.15, -0.1) is 11.3 Å². The lowest BCUT2D eigenvalue weighted by atomic mass is 10.0. The zero-order chi connectivity index (χ0) is 15.8. The summed E-state index contributed by atoms with van der Waals surface area (Å²) in [5, 5.41) is 9.60. The number of carbonyl (C=O) groups excluding carboxylic acids is 1. The third-order valence-electron chi connectivity index (χ3n) is 4.31. The molecule has 0 bridgehead atoms. The second-order valence-electron chi connectivity index (χ2n) is 5.85. The first-order valence-electron chi connectivity index (χ1n) is 7.64. The Balaban J connectivity index is 1.57. The lowest BCUT2D eigenvalue weighted by Crippen LogP contribution is -2.27. The number of aryl methyl sites for hydroxylation is 1. The van der Waals surface area contributed by atoms with Crippen LogP contribution in [0.25, 0.3) is 11.3 Å². The van der Waals surface area contributed by atoms with Crippen molar-refractivity contribution in [2.45, 2.75) is 26.4 Å². The van der Waals surface area contributed by atoms with Gasteiger partial charge in [0.05, 0.1) is 30.9 Å². The van der Waals surface area contributed by atoms with Gasteiger partial charge in [0.2, 0.25) is 5.91 Å². The van der Waals surface area contributed by atoms with Gasteiger partial charge in [-0.1, -0.05) is 30.3 Å². The van der Waals surface area contributed by atoms with E-state index in [1.807, 2.05) is 34.5 Å². The number of hydrogen-bond donors (Lipinski definition) is 1. The average molecular weight is 323 g/mol. The summed E-state index contributed by atoms with van der Waals surface area (Å²) in [6.45, 7) is 3.35. The highest BCUT2D eigenvalue weighted by Crippen LogP contribution is 2.32. The van der Waals surface area contributed by atoms with Crippen molar-refractivity contribution in [1.82, 2.24) is 15.1 Å². The van der Waals surface area contributed by atoms with Crippen molar-refractivity contribution in [3.8, 4) is 11.3 Å². The van der Waals surface area contributed by atoms with E-state index in [0.717, 1.165) is 27.4 Å². The predicted molar refractivity (Wildman–Crippen MR) is 91.0 cm³/mol. The van der Waals surface area contributed by atoms with Gasteiger partial charge in [-0.05, 0) is 23.9 Å². The van der Waals surface area contributed by atoms with Crippen LogP contribution in [0.1, 0.15) is 21.7 Å². The molecule has 3 heterocycles. The number of nitrogens with one attached hydrogen (secondary N) is 1. The third kappa shape index (κ3) is 2.57. The van der Waals surface area contributed by atoms with Crippen molar-refractivity contribution in [2.75, 3.05) is 0 Å². The summed E-state index contributed by atoms with van der Waals surface area (Å²) in [6.07, 6.45) is 0.481. The fourth-order valence-electron chi connectivity index (χ4n) is 3.05. The molecule has 1 amide bonds. The van der Waals surface area contributed by atoms with Crippen LogP contribution in [-0.2, 0) is 24.3 Å². The number of benzene rings is 1. The molecule has 1 aliphatic rings. The first-order chi connectivity index (χ1) is 11.2. The van der Waals surface area contributed by atoms with Crippen molar-refractivity contribution in [3.63, 3.8) is 0 Å². The minimum atomic E-state index is 0.174. The Morgan fingerprint density at radius 3 is 2.91 bits per heavy atom. The summed E-state index contributed by atoms with van der Waals surface area (Å²) in [6, 6.07) is 12.2. The SMILES string of the molecule is Cc1ccccc1-c1n[nH]c2c1CN(C(=O)Cc1cccs1)C2. The molecule has 116 valence electrons. The summed E-state index contributed by atoms with van der Waals surface area (Å²) in [4.78, 5) is 15.5. The van der Waals surface area contributed by atoms with Crippen molar-refractivity contribution in [1.29, 1.82) is 0 Å². The number of rotatable bonds is 3. The fourth-order valence-corrected chi connectivity index (χ4v) is 3.75. The molecule has 0 spiro atoms. The molecule has 4 nitrogen and oxygen atoms in total. The number of hydrogen-bond acceptors (Lipinski definition) is 3. The number of nitrogens with zero attached hydrogens (tertiary/aromatic N) is 2. The monoisotopic (exact) mass is 323 g/mol. The molecule has 1 aliphatic heterocycles. The van der Waals surface area contributed by atoms with Gasteiger partial charge in [0.25, 0.3) is 0 Å². The first-order valence-corrected chi connectivity index (χ1v) is 8.52. The average Bonchev–Trinajstić information content (AvgIpc) is 3.24. The Bertz CT molecular complexity index is 851. The van der Waals surface area contributed by atoms with E-state index in [2.05, 4.69) is 29.3 Å². The summed E-state index contributed by atoms with van der Waals surface area (Å²) in [5.74, 6) is 0.174. The van der Waals surface area contributed by atoms with E-state index in [1.54, 1.807) is 11.3 Å². The molecule has 0 aliphatic carbocycles. The molecule has 0 saturated carbocycles. The highest BCUT2D eigenvalue weighted by atomic mass is 32.1. The number of thiophene rings is 1. The number of fused-ring (bicyclic) bond motifs is 1. The van der Waals surface area contributed by atoms with E-state index in [-0.39, 0.29) is 5.91 Å². The van der Waals surface area contributed by atoms with Gasteiger partial charge in [-0.2, -0.15) is 5.10 Å². The number of aromatic nitrogens is 2. The zero-order valence-corrected chi connectivity index (χ0v) is 13.7. The Kier molecular flexibility index (Phi) is 3.50. The van der Waals surface area contributed by atoms with Crippen LogP contribution in [0, 0.1) is 6.92 Å². The summed E-state index contributed by atoms with van der Waals surface area (Å²) >= 11 is 1.63.